The van der Waals surface area contributed by atoms with Crippen molar-refractivity contribution < 1.29 is 9.18 Å². The first-order chi connectivity index (χ1) is 8.18. The lowest BCUT2D eigenvalue weighted by molar-refractivity contribution is -0.120. The zero-order chi connectivity index (χ0) is 12.3. The molecule has 1 amide bonds. The fourth-order valence-electron chi connectivity index (χ4n) is 1.92. The van der Waals surface area contributed by atoms with Gasteiger partial charge in [0.15, 0.2) is 0 Å². The predicted molar refractivity (Wildman–Crippen MR) is 65.6 cm³/mol. The Kier molecular flexibility index (Phi) is 3.97. The molecule has 1 aromatic carbocycles. The number of carbonyl (C=O) groups excluding carboxylic acids is 1. The lowest BCUT2D eigenvalue weighted by Gasteiger charge is -2.22. The van der Waals surface area contributed by atoms with E-state index in [2.05, 4.69) is 10.6 Å². The van der Waals surface area contributed by atoms with E-state index in [1.165, 1.54) is 12.1 Å². The number of para-hydroxylation sites is 1. The van der Waals surface area contributed by atoms with Gasteiger partial charge in [0.05, 0.1) is 16.6 Å². The third-order valence-corrected chi connectivity index (χ3v) is 3.19. The Morgan fingerprint density at radius 1 is 1.53 bits per heavy atom. The summed E-state index contributed by atoms with van der Waals surface area (Å²) < 4.78 is 13.5. The van der Waals surface area contributed by atoms with Gasteiger partial charge in [-0.25, -0.2) is 4.39 Å². The van der Waals surface area contributed by atoms with Gasteiger partial charge in [0, 0.05) is 6.54 Å². The Labute approximate surface area is 104 Å². The molecular formula is C12H14ClFN2O. The molecule has 0 radical (unpaired) electrons. The molecule has 0 aliphatic carbocycles. The molecule has 2 N–H and O–H groups in total. The normalized spacial score (nSPS) is 20.0. The fraction of sp³-hybridized carbons (Fsp3) is 0.417. The Hall–Kier alpha value is -1.13. The van der Waals surface area contributed by atoms with Crippen LogP contribution in [0.2, 0.25) is 5.02 Å². The predicted octanol–water partition coefficient (Wildman–Crippen LogP) is 2.42. The van der Waals surface area contributed by atoms with E-state index in [0.717, 1.165) is 19.4 Å². The number of rotatable bonds is 2. The van der Waals surface area contributed by atoms with Crippen molar-refractivity contribution in [3.05, 3.63) is 29.0 Å². The highest BCUT2D eigenvalue weighted by Crippen LogP contribution is 2.25. The molecular weight excluding hydrogens is 243 g/mol. The van der Waals surface area contributed by atoms with Gasteiger partial charge in [-0.2, -0.15) is 0 Å². The number of hydrogen-bond donors (Lipinski definition) is 2. The average Bonchev–Trinajstić information content (AvgIpc) is 2.35. The quantitative estimate of drug-likeness (QED) is 0.853. The number of amides is 1. The minimum Gasteiger partial charge on any atom is -0.322 e. The first-order valence-corrected chi connectivity index (χ1v) is 6.02. The molecule has 0 saturated carbocycles. The third-order valence-electron chi connectivity index (χ3n) is 2.88. The van der Waals surface area contributed by atoms with E-state index in [4.69, 9.17) is 11.6 Å². The SMILES string of the molecule is O=C(Nc1c(F)cccc1Cl)C1CCCNC1. The minimum absolute atomic E-state index is 0.0738. The Morgan fingerprint density at radius 2 is 2.35 bits per heavy atom. The smallest absolute Gasteiger partial charge is 0.228 e. The van der Waals surface area contributed by atoms with Crippen molar-refractivity contribution in [1.82, 2.24) is 5.32 Å². The maximum atomic E-state index is 13.5. The second-order valence-corrected chi connectivity index (χ2v) is 4.54. The summed E-state index contributed by atoms with van der Waals surface area (Å²) >= 11 is 5.84. The molecule has 1 unspecified atom stereocenters. The van der Waals surface area contributed by atoms with E-state index < -0.39 is 5.82 Å². The van der Waals surface area contributed by atoms with E-state index in [-0.39, 0.29) is 22.5 Å². The van der Waals surface area contributed by atoms with Crippen molar-refractivity contribution in [2.45, 2.75) is 12.8 Å². The van der Waals surface area contributed by atoms with Gasteiger partial charge in [0.1, 0.15) is 5.82 Å². The largest absolute Gasteiger partial charge is 0.322 e. The molecule has 2 rings (SSSR count). The van der Waals surface area contributed by atoms with Crippen LogP contribution in [-0.2, 0) is 4.79 Å². The van der Waals surface area contributed by atoms with Crippen molar-refractivity contribution >= 4 is 23.2 Å². The van der Waals surface area contributed by atoms with Crippen LogP contribution in [0.1, 0.15) is 12.8 Å². The molecule has 1 heterocycles. The van der Waals surface area contributed by atoms with Crippen molar-refractivity contribution in [1.29, 1.82) is 0 Å². The Balaban J connectivity index is 2.07. The van der Waals surface area contributed by atoms with E-state index in [0.29, 0.717) is 6.54 Å². The zero-order valence-electron chi connectivity index (χ0n) is 9.30. The highest BCUT2D eigenvalue weighted by Gasteiger charge is 2.22. The number of carbonyl (C=O) groups is 1. The van der Waals surface area contributed by atoms with Crippen LogP contribution >= 0.6 is 11.6 Å². The summed E-state index contributed by atoms with van der Waals surface area (Å²) in [5.41, 5.74) is 0.0738. The van der Waals surface area contributed by atoms with E-state index >= 15 is 0 Å². The molecule has 1 fully saturated rings. The van der Waals surface area contributed by atoms with Gasteiger partial charge in [-0.3, -0.25) is 4.79 Å². The lowest BCUT2D eigenvalue weighted by Crippen LogP contribution is -2.37. The van der Waals surface area contributed by atoms with Crippen LogP contribution in [0.15, 0.2) is 18.2 Å². The van der Waals surface area contributed by atoms with Crippen LogP contribution in [0.5, 0.6) is 0 Å². The Morgan fingerprint density at radius 3 is 3.00 bits per heavy atom. The molecule has 92 valence electrons. The number of hydrogen-bond acceptors (Lipinski definition) is 2. The van der Waals surface area contributed by atoms with E-state index in [9.17, 15) is 9.18 Å². The second kappa shape index (κ2) is 5.47. The van der Waals surface area contributed by atoms with Crippen LogP contribution in [-0.4, -0.2) is 19.0 Å². The molecule has 17 heavy (non-hydrogen) atoms. The maximum absolute atomic E-state index is 13.5. The molecule has 5 heteroatoms. The average molecular weight is 257 g/mol. The lowest BCUT2D eigenvalue weighted by atomic mass is 9.99. The standard InChI is InChI=1S/C12H14ClFN2O/c13-9-4-1-5-10(14)11(9)16-12(17)8-3-2-6-15-7-8/h1,4-5,8,15H,2-3,6-7H2,(H,16,17). The first-order valence-electron chi connectivity index (χ1n) is 5.64. The highest BCUT2D eigenvalue weighted by molar-refractivity contribution is 6.33. The first kappa shape index (κ1) is 12.3. The van der Waals surface area contributed by atoms with Gasteiger partial charge in [-0.1, -0.05) is 17.7 Å². The van der Waals surface area contributed by atoms with Crippen molar-refractivity contribution in [3.63, 3.8) is 0 Å². The van der Waals surface area contributed by atoms with Crippen molar-refractivity contribution in [3.8, 4) is 0 Å². The molecule has 0 spiro atoms. The number of benzene rings is 1. The number of piperidine rings is 1. The summed E-state index contributed by atoms with van der Waals surface area (Å²) in [6.45, 7) is 1.57. The third kappa shape index (κ3) is 2.96. The van der Waals surface area contributed by atoms with E-state index in [1.54, 1.807) is 6.07 Å². The molecule has 1 aliphatic rings. The molecule has 1 atom stereocenters. The Bertz CT molecular complexity index is 399. The van der Waals surface area contributed by atoms with E-state index in [1.807, 2.05) is 0 Å². The molecule has 3 nitrogen and oxygen atoms in total. The van der Waals surface area contributed by atoms with Gasteiger partial charge < -0.3 is 10.6 Å². The molecule has 0 bridgehead atoms. The minimum atomic E-state index is -0.505. The summed E-state index contributed by atoms with van der Waals surface area (Å²) in [5.74, 6) is -0.793. The van der Waals surface area contributed by atoms with Crippen LogP contribution in [0.25, 0.3) is 0 Å². The highest BCUT2D eigenvalue weighted by atomic mass is 35.5. The monoisotopic (exact) mass is 256 g/mol. The summed E-state index contributed by atoms with van der Waals surface area (Å²) in [7, 11) is 0. The summed E-state index contributed by atoms with van der Waals surface area (Å²) in [5, 5.41) is 5.93. The van der Waals surface area contributed by atoms with Crippen LogP contribution < -0.4 is 10.6 Å². The van der Waals surface area contributed by atoms with Gasteiger partial charge in [0.25, 0.3) is 0 Å². The molecule has 0 aromatic heterocycles. The van der Waals surface area contributed by atoms with Gasteiger partial charge in [0.2, 0.25) is 5.91 Å². The number of halogens is 2. The number of nitrogens with one attached hydrogen (secondary N) is 2. The maximum Gasteiger partial charge on any atom is 0.228 e. The van der Waals surface area contributed by atoms with Crippen LogP contribution in [0.3, 0.4) is 0 Å². The molecule has 1 aromatic rings. The number of anilines is 1. The molecule has 1 aliphatic heterocycles. The fourth-order valence-corrected chi connectivity index (χ4v) is 2.13. The van der Waals surface area contributed by atoms with Crippen molar-refractivity contribution in [2.24, 2.45) is 5.92 Å². The van der Waals surface area contributed by atoms with Crippen LogP contribution in [0.4, 0.5) is 10.1 Å². The molecule has 1 saturated heterocycles. The zero-order valence-corrected chi connectivity index (χ0v) is 10.1. The topological polar surface area (TPSA) is 41.1 Å². The van der Waals surface area contributed by atoms with Gasteiger partial charge in [-0.15, -0.1) is 0 Å². The summed E-state index contributed by atoms with van der Waals surface area (Å²) in [4.78, 5) is 11.9. The van der Waals surface area contributed by atoms with Crippen LogP contribution in [0, 0.1) is 11.7 Å². The summed E-state index contributed by atoms with van der Waals surface area (Å²) in [6, 6.07) is 4.34. The van der Waals surface area contributed by atoms with Crippen molar-refractivity contribution in [2.75, 3.05) is 18.4 Å². The summed E-state index contributed by atoms with van der Waals surface area (Å²) in [6.07, 6.45) is 1.79. The second-order valence-electron chi connectivity index (χ2n) is 4.13. The van der Waals surface area contributed by atoms with Gasteiger partial charge >= 0.3 is 0 Å². The van der Waals surface area contributed by atoms with Gasteiger partial charge in [-0.05, 0) is 31.5 Å².